The second-order valence-corrected chi connectivity index (χ2v) is 8.06. The molecule has 0 amide bonds. The summed E-state index contributed by atoms with van der Waals surface area (Å²) in [6, 6.07) is 4.68. The van der Waals surface area contributed by atoms with E-state index in [9.17, 15) is 8.42 Å². The molecular weight excluding hydrogens is 340 g/mol. The third kappa shape index (κ3) is 3.74. The molecule has 112 valence electrons. The van der Waals surface area contributed by atoms with E-state index in [1.807, 2.05) is 6.92 Å². The number of nitrogens with two attached hydrogens (primary N) is 1. The van der Waals surface area contributed by atoms with Gasteiger partial charge in [0.1, 0.15) is 0 Å². The maximum absolute atomic E-state index is 12.4. The molecule has 0 radical (unpaired) electrons. The average Bonchev–Trinajstić information content (AvgIpc) is 2.42. The number of hydrogen-bond donors (Lipinski definition) is 2. The Morgan fingerprint density at radius 1 is 1.30 bits per heavy atom. The summed E-state index contributed by atoms with van der Waals surface area (Å²) in [7, 11) is -3.50. The zero-order valence-corrected chi connectivity index (χ0v) is 14.0. The Hall–Kier alpha value is -0.590. The molecule has 6 heteroatoms. The highest BCUT2D eigenvalue weighted by atomic mass is 79.9. The summed E-state index contributed by atoms with van der Waals surface area (Å²) in [6.45, 7) is 1.95. The topological polar surface area (TPSA) is 72.2 Å². The van der Waals surface area contributed by atoms with Crippen molar-refractivity contribution in [2.75, 3.05) is 5.73 Å². The van der Waals surface area contributed by atoms with Gasteiger partial charge in [0.25, 0.3) is 0 Å². The summed E-state index contributed by atoms with van der Waals surface area (Å²) in [5.41, 5.74) is 6.18. The molecule has 1 aromatic rings. The second kappa shape index (κ2) is 6.45. The number of hydrogen-bond acceptors (Lipinski definition) is 3. The monoisotopic (exact) mass is 360 g/mol. The highest BCUT2D eigenvalue weighted by molar-refractivity contribution is 9.10. The highest BCUT2D eigenvalue weighted by Crippen LogP contribution is 2.28. The van der Waals surface area contributed by atoms with E-state index in [1.54, 1.807) is 12.1 Å². The third-order valence-electron chi connectivity index (χ3n) is 3.98. The van der Waals surface area contributed by atoms with Gasteiger partial charge in [0.2, 0.25) is 10.0 Å². The molecule has 2 rings (SSSR count). The van der Waals surface area contributed by atoms with Gasteiger partial charge in [-0.25, -0.2) is 13.1 Å². The van der Waals surface area contributed by atoms with Crippen LogP contribution in [0.1, 0.15) is 39.0 Å². The molecule has 1 aromatic carbocycles. The molecule has 1 fully saturated rings. The van der Waals surface area contributed by atoms with Crippen LogP contribution in [0.3, 0.4) is 0 Å². The number of rotatable bonds is 4. The van der Waals surface area contributed by atoms with Crippen molar-refractivity contribution in [3.05, 3.63) is 22.7 Å². The van der Waals surface area contributed by atoms with Crippen molar-refractivity contribution in [2.24, 2.45) is 5.92 Å². The number of sulfonamides is 1. The number of halogens is 1. The van der Waals surface area contributed by atoms with Gasteiger partial charge in [-0.05, 0) is 59.8 Å². The standard InChI is InChI=1S/C14H21BrN2O2S/c1-10(11-5-3-2-4-6-11)17-20(18,19)12-7-8-13(15)14(16)9-12/h7-11,17H,2-6,16H2,1H3. The molecule has 1 atom stereocenters. The third-order valence-corrected chi connectivity index (χ3v) is 6.25. The van der Waals surface area contributed by atoms with E-state index in [0.717, 1.165) is 12.8 Å². The fraction of sp³-hybridized carbons (Fsp3) is 0.571. The molecule has 0 aromatic heterocycles. The predicted octanol–water partition coefficient (Wildman–Crippen LogP) is 3.28. The quantitative estimate of drug-likeness (QED) is 0.809. The lowest BCUT2D eigenvalue weighted by Gasteiger charge is -2.28. The molecule has 4 nitrogen and oxygen atoms in total. The molecule has 0 spiro atoms. The summed E-state index contributed by atoms with van der Waals surface area (Å²) >= 11 is 3.27. The first-order valence-electron chi connectivity index (χ1n) is 6.97. The molecule has 1 aliphatic rings. The smallest absolute Gasteiger partial charge is 0.240 e. The van der Waals surface area contributed by atoms with Crippen molar-refractivity contribution < 1.29 is 8.42 Å². The lowest BCUT2D eigenvalue weighted by Crippen LogP contribution is -2.38. The van der Waals surface area contributed by atoms with Crippen LogP contribution in [0.2, 0.25) is 0 Å². The van der Waals surface area contributed by atoms with Crippen molar-refractivity contribution in [3.8, 4) is 0 Å². The molecule has 1 unspecified atom stereocenters. The molecule has 20 heavy (non-hydrogen) atoms. The van der Waals surface area contributed by atoms with Gasteiger partial charge in [0, 0.05) is 16.2 Å². The van der Waals surface area contributed by atoms with Crippen LogP contribution < -0.4 is 10.5 Å². The molecule has 1 aliphatic carbocycles. The molecule has 3 N–H and O–H groups in total. The fourth-order valence-corrected chi connectivity index (χ4v) is 4.33. The van der Waals surface area contributed by atoms with Gasteiger partial charge in [-0.2, -0.15) is 0 Å². The van der Waals surface area contributed by atoms with Gasteiger partial charge in [-0.1, -0.05) is 19.3 Å². The van der Waals surface area contributed by atoms with Gasteiger partial charge >= 0.3 is 0 Å². The highest BCUT2D eigenvalue weighted by Gasteiger charge is 2.25. The molecular formula is C14H21BrN2O2S. The Labute approximate surface area is 129 Å². The van der Waals surface area contributed by atoms with Crippen LogP contribution in [0, 0.1) is 5.92 Å². The van der Waals surface area contributed by atoms with Gasteiger partial charge in [-0.3, -0.25) is 0 Å². The minimum absolute atomic E-state index is 0.0369. The van der Waals surface area contributed by atoms with Crippen LogP contribution in [-0.2, 0) is 10.0 Å². The van der Waals surface area contributed by atoms with E-state index < -0.39 is 10.0 Å². The first kappa shape index (κ1) is 15.8. The molecule has 0 aliphatic heterocycles. The minimum Gasteiger partial charge on any atom is -0.398 e. The summed E-state index contributed by atoms with van der Waals surface area (Å²) in [5, 5.41) is 0. The van der Waals surface area contributed by atoms with Gasteiger partial charge < -0.3 is 5.73 Å². The van der Waals surface area contributed by atoms with Gasteiger partial charge in [-0.15, -0.1) is 0 Å². The molecule has 0 bridgehead atoms. The minimum atomic E-state index is -3.50. The Morgan fingerprint density at radius 2 is 1.95 bits per heavy atom. The lowest BCUT2D eigenvalue weighted by molar-refractivity contribution is 0.303. The summed E-state index contributed by atoms with van der Waals surface area (Å²) in [5.74, 6) is 0.436. The Kier molecular flexibility index (Phi) is 5.09. The Balaban J connectivity index is 2.11. The summed E-state index contributed by atoms with van der Waals surface area (Å²) in [4.78, 5) is 0.223. The molecule has 0 heterocycles. The van der Waals surface area contributed by atoms with E-state index in [1.165, 1.54) is 25.3 Å². The van der Waals surface area contributed by atoms with E-state index in [0.29, 0.717) is 16.1 Å². The fourth-order valence-electron chi connectivity index (χ4n) is 2.73. The van der Waals surface area contributed by atoms with Crippen molar-refractivity contribution in [3.63, 3.8) is 0 Å². The molecule has 0 saturated heterocycles. The normalized spacial score (nSPS) is 18.9. The van der Waals surface area contributed by atoms with E-state index in [-0.39, 0.29) is 10.9 Å². The van der Waals surface area contributed by atoms with Crippen LogP contribution in [0.25, 0.3) is 0 Å². The van der Waals surface area contributed by atoms with Crippen molar-refractivity contribution >= 4 is 31.6 Å². The van der Waals surface area contributed by atoms with Crippen molar-refractivity contribution in [1.29, 1.82) is 0 Å². The van der Waals surface area contributed by atoms with Crippen LogP contribution in [0.4, 0.5) is 5.69 Å². The largest absolute Gasteiger partial charge is 0.398 e. The van der Waals surface area contributed by atoms with Gasteiger partial charge in [0.15, 0.2) is 0 Å². The van der Waals surface area contributed by atoms with E-state index in [2.05, 4.69) is 20.7 Å². The maximum Gasteiger partial charge on any atom is 0.240 e. The Bertz CT molecular complexity index is 569. The lowest BCUT2D eigenvalue weighted by atomic mass is 9.85. The maximum atomic E-state index is 12.4. The summed E-state index contributed by atoms with van der Waals surface area (Å²) in [6.07, 6.45) is 5.86. The number of nitrogen functional groups attached to an aromatic ring is 1. The van der Waals surface area contributed by atoms with Gasteiger partial charge in [0.05, 0.1) is 4.90 Å². The predicted molar refractivity (Wildman–Crippen MR) is 84.9 cm³/mol. The zero-order chi connectivity index (χ0) is 14.8. The number of anilines is 1. The van der Waals surface area contributed by atoms with E-state index in [4.69, 9.17) is 5.73 Å². The summed E-state index contributed by atoms with van der Waals surface area (Å²) < 4.78 is 28.2. The number of nitrogens with one attached hydrogen (secondary N) is 1. The SMILES string of the molecule is CC(NS(=O)(=O)c1ccc(Br)c(N)c1)C1CCCCC1. The van der Waals surface area contributed by atoms with Crippen LogP contribution in [0.5, 0.6) is 0 Å². The van der Waals surface area contributed by atoms with Crippen LogP contribution in [-0.4, -0.2) is 14.5 Å². The van der Waals surface area contributed by atoms with Crippen LogP contribution in [0.15, 0.2) is 27.6 Å². The first-order chi connectivity index (χ1) is 9.40. The van der Waals surface area contributed by atoms with Crippen molar-refractivity contribution in [1.82, 2.24) is 4.72 Å². The second-order valence-electron chi connectivity index (χ2n) is 5.49. The zero-order valence-electron chi connectivity index (χ0n) is 11.6. The van der Waals surface area contributed by atoms with Crippen LogP contribution >= 0.6 is 15.9 Å². The first-order valence-corrected chi connectivity index (χ1v) is 9.25. The average molecular weight is 361 g/mol. The Morgan fingerprint density at radius 3 is 2.55 bits per heavy atom. The van der Waals surface area contributed by atoms with E-state index >= 15 is 0 Å². The number of benzene rings is 1. The molecule has 1 saturated carbocycles. The van der Waals surface area contributed by atoms with Crippen molar-refractivity contribution in [2.45, 2.75) is 50.0 Å².